The number of amides is 1. The summed E-state index contributed by atoms with van der Waals surface area (Å²) in [6, 6.07) is 13.1. The Morgan fingerprint density at radius 3 is 2.61 bits per heavy atom. The lowest BCUT2D eigenvalue weighted by molar-refractivity contribution is -0.133. The number of nitrogens with one attached hydrogen (secondary N) is 1. The maximum atomic E-state index is 12.3. The summed E-state index contributed by atoms with van der Waals surface area (Å²) in [6.45, 7) is 4.13. The molecule has 5 nitrogen and oxygen atoms in total. The Balaban J connectivity index is 1.74. The van der Waals surface area contributed by atoms with Crippen LogP contribution in [0.3, 0.4) is 0 Å². The van der Waals surface area contributed by atoms with Gasteiger partial charge in [0.15, 0.2) is 5.75 Å². The second-order valence-corrected chi connectivity index (χ2v) is 5.72. The van der Waals surface area contributed by atoms with Crippen molar-refractivity contribution >= 4 is 23.3 Å². The lowest BCUT2D eigenvalue weighted by Gasteiger charge is -2.29. The third kappa shape index (κ3) is 3.51. The van der Waals surface area contributed by atoms with Gasteiger partial charge in [-0.1, -0.05) is 18.2 Å². The molecule has 0 fully saturated rings. The number of para-hydroxylation sites is 2. The Morgan fingerprint density at radius 2 is 1.87 bits per heavy atom. The van der Waals surface area contributed by atoms with Crippen LogP contribution in [0.15, 0.2) is 42.5 Å². The minimum absolute atomic E-state index is 0.0667. The van der Waals surface area contributed by atoms with E-state index in [4.69, 9.17) is 4.74 Å². The first-order chi connectivity index (χ1) is 11.0. The molecule has 0 aliphatic carbocycles. The van der Waals surface area contributed by atoms with E-state index in [1.54, 1.807) is 17.0 Å². The molecule has 1 N–H and O–H groups in total. The first kappa shape index (κ1) is 15.1. The molecule has 0 saturated carbocycles. The zero-order valence-electron chi connectivity index (χ0n) is 13.1. The van der Waals surface area contributed by atoms with Gasteiger partial charge in [0.2, 0.25) is 5.91 Å². The second kappa shape index (κ2) is 6.12. The summed E-state index contributed by atoms with van der Waals surface area (Å²) in [5, 5.41) is 2.88. The van der Waals surface area contributed by atoms with E-state index in [0.717, 1.165) is 22.5 Å². The van der Waals surface area contributed by atoms with Crippen LogP contribution < -0.4 is 15.0 Å². The Bertz CT molecular complexity index is 750. The van der Waals surface area contributed by atoms with Crippen molar-refractivity contribution in [1.82, 2.24) is 0 Å². The summed E-state index contributed by atoms with van der Waals surface area (Å²) >= 11 is 0. The molecule has 1 heterocycles. The van der Waals surface area contributed by atoms with Crippen LogP contribution in [-0.4, -0.2) is 25.0 Å². The van der Waals surface area contributed by atoms with E-state index in [0.29, 0.717) is 5.75 Å². The van der Waals surface area contributed by atoms with E-state index in [1.165, 1.54) is 0 Å². The van der Waals surface area contributed by atoms with Crippen molar-refractivity contribution in [1.29, 1.82) is 0 Å². The van der Waals surface area contributed by atoms with Gasteiger partial charge in [0.25, 0.3) is 0 Å². The molecule has 3 rings (SSSR count). The zero-order valence-corrected chi connectivity index (χ0v) is 13.1. The minimum atomic E-state index is -0.358. The number of anilines is 2. The third-order valence-corrected chi connectivity index (χ3v) is 3.59. The Hall–Kier alpha value is -2.82. The average Bonchev–Trinajstić information content (AvgIpc) is 2.45. The third-order valence-electron chi connectivity index (χ3n) is 3.59. The molecule has 1 aliphatic rings. The summed E-state index contributed by atoms with van der Waals surface area (Å²) in [5.74, 6) is -0.0367. The monoisotopic (exact) mass is 310 g/mol. The molecule has 0 atom stereocenters. The van der Waals surface area contributed by atoms with Crippen LogP contribution in [0.2, 0.25) is 0 Å². The lowest BCUT2D eigenvalue weighted by atomic mass is 10.1. The molecule has 0 unspecified atom stereocenters. The number of hydrogen-bond acceptors (Lipinski definition) is 4. The first-order valence-corrected chi connectivity index (χ1v) is 7.44. The molecule has 0 bridgehead atoms. The standard InChI is InChI=1S/C18H18N2O3/c1-12-7-13(2)9-14(8-12)19-17(21)10-20-11-18(22)23-16-6-4-3-5-15(16)20/h3-9H,10-11H2,1-2H3,(H,19,21). The summed E-state index contributed by atoms with van der Waals surface area (Å²) in [6.07, 6.45) is 0. The normalized spacial score (nSPS) is 13.3. The van der Waals surface area contributed by atoms with E-state index >= 15 is 0 Å². The van der Waals surface area contributed by atoms with Crippen molar-refractivity contribution in [2.24, 2.45) is 0 Å². The molecule has 1 aliphatic heterocycles. The fraction of sp³-hybridized carbons (Fsp3) is 0.222. The van der Waals surface area contributed by atoms with Gasteiger partial charge in [-0.15, -0.1) is 0 Å². The van der Waals surface area contributed by atoms with Crippen molar-refractivity contribution in [3.05, 3.63) is 53.6 Å². The van der Waals surface area contributed by atoms with Gasteiger partial charge in [-0.25, -0.2) is 4.79 Å². The Morgan fingerprint density at radius 1 is 1.17 bits per heavy atom. The number of hydrogen-bond donors (Lipinski definition) is 1. The topological polar surface area (TPSA) is 58.6 Å². The molecule has 118 valence electrons. The van der Waals surface area contributed by atoms with Crippen molar-refractivity contribution < 1.29 is 14.3 Å². The molecule has 5 heteroatoms. The molecule has 2 aromatic carbocycles. The highest BCUT2D eigenvalue weighted by atomic mass is 16.5. The van der Waals surface area contributed by atoms with Gasteiger partial charge in [-0.05, 0) is 49.2 Å². The number of benzene rings is 2. The summed E-state index contributed by atoms with van der Waals surface area (Å²) in [4.78, 5) is 25.7. The maximum absolute atomic E-state index is 12.3. The highest BCUT2D eigenvalue weighted by Gasteiger charge is 2.25. The van der Waals surface area contributed by atoms with Crippen molar-refractivity contribution in [3.63, 3.8) is 0 Å². The molecule has 0 spiro atoms. The van der Waals surface area contributed by atoms with Gasteiger partial charge < -0.3 is 15.0 Å². The van der Waals surface area contributed by atoms with Crippen LogP contribution in [0.1, 0.15) is 11.1 Å². The number of carbonyl (C=O) groups excluding carboxylic acids is 2. The Labute approximate surface area is 134 Å². The molecule has 23 heavy (non-hydrogen) atoms. The van der Waals surface area contributed by atoms with E-state index in [2.05, 4.69) is 5.32 Å². The number of carbonyl (C=O) groups is 2. The van der Waals surface area contributed by atoms with E-state index in [9.17, 15) is 9.59 Å². The van der Waals surface area contributed by atoms with Crippen LogP contribution in [0, 0.1) is 13.8 Å². The summed E-state index contributed by atoms with van der Waals surface area (Å²) < 4.78 is 5.18. The average molecular weight is 310 g/mol. The van der Waals surface area contributed by atoms with Gasteiger partial charge in [0.1, 0.15) is 6.54 Å². The van der Waals surface area contributed by atoms with Crippen LogP contribution in [0.4, 0.5) is 11.4 Å². The number of aryl methyl sites for hydroxylation is 2. The molecular formula is C18H18N2O3. The van der Waals surface area contributed by atoms with Crippen LogP contribution in [-0.2, 0) is 9.59 Å². The van der Waals surface area contributed by atoms with Crippen molar-refractivity contribution in [2.75, 3.05) is 23.3 Å². The van der Waals surface area contributed by atoms with Crippen LogP contribution in [0.25, 0.3) is 0 Å². The zero-order chi connectivity index (χ0) is 16.4. The van der Waals surface area contributed by atoms with E-state index in [-0.39, 0.29) is 25.0 Å². The van der Waals surface area contributed by atoms with Gasteiger partial charge in [-0.3, -0.25) is 4.79 Å². The second-order valence-electron chi connectivity index (χ2n) is 5.72. The van der Waals surface area contributed by atoms with Crippen molar-refractivity contribution in [3.8, 4) is 5.75 Å². The molecule has 1 amide bonds. The predicted molar refractivity (Wildman–Crippen MR) is 88.8 cm³/mol. The number of esters is 1. The molecule has 0 radical (unpaired) electrons. The van der Waals surface area contributed by atoms with E-state index in [1.807, 2.05) is 44.2 Å². The van der Waals surface area contributed by atoms with Gasteiger partial charge in [0.05, 0.1) is 12.2 Å². The van der Waals surface area contributed by atoms with Gasteiger partial charge in [0, 0.05) is 5.69 Å². The smallest absolute Gasteiger partial charge is 0.331 e. The van der Waals surface area contributed by atoms with Crippen molar-refractivity contribution in [2.45, 2.75) is 13.8 Å². The fourth-order valence-corrected chi connectivity index (χ4v) is 2.76. The highest BCUT2D eigenvalue weighted by molar-refractivity contribution is 5.96. The lowest BCUT2D eigenvalue weighted by Crippen LogP contribution is -2.41. The molecule has 0 aromatic heterocycles. The number of ether oxygens (including phenoxy) is 1. The van der Waals surface area contributed by atoms with Crippen LogP contribution >= 0.6 is 0 Å². The molecule has 0 saturated heterocycles. The SMILES string of the molecule is Cc1cc(C)cc(NC(=O)CN2CC(=O)Oc3ccccc32)c1. The maximum Gasteiger partial charge on any atom is 0.331 e. The minimum Gasteiger partial charge on any atom is -0.423 e. The fourth-order valence-electron chi connectivity index (χ4n) is 2.76. The van der Waals surface area contributed by atoms with Gasteiger partial charge in [-0.2, -0.15) is 0 Å². The van der Waals surface area contributed by atoms with Gasteiger partial charge >= 0.3 is 5.97 Å². The van der Waals surface area contributed by atoms with E-state index < -0.39 is 0 Å². The van der Waals surface area contributed by atoms with Crippen LogP contribution in [0.5, 0.6) is 5.75 Å². The predicted octanol–water partition coefficient (Wildman–Crippen LogP) is 2.67. The summed E-state index contributed by atoms with van der Waals surface area (Å²) in [7, 11) is 0. The highest BCUT2D eigenvalue weighted by Crippen LogP contribution is 2.31. The number of fused-ring (bicyclic) bond motifs is 1. The quantitative estimate of drug-likeness (QED) is 0.699. The number of rotatable bonds is 3. The number of nitrogens with zero attached hydrogens (tertiary/aromatic N) is 1. The molecule has 2 aromatic rings. The first-order valence-electron chi connectivity index (χ1n) is 7.44. The summed E-state index contributed by atoms with van der Waals surface area (Å²) in [5.41, 5.74) is 3.70. The molecular weight excluding hydrogens is 292 g/mol. The Kier molecular flexibility index (Phi) is 4.02. The largest absolute Gasteiger partial charge is 0.423 e.